The van der Waals surface area contributed by atoms with Crippen LogP contribution in [-0.4, -0.2) is 64.8 Å². The van der Waals surface area contributed by atoms with Gasteiger partial charge in [0.15, 0.2) is 12.4 Å². The summed E-state index contributed by atoms with van der Waals surface area (Å²) in [5, 5.41) is 12.3. The lowest BCUT2D eigenvalue weighted by molar-refractivity contribution is -0.253. The van der Waals surface area contributed by atoms with Crippen LogP contribution in [0, 0.1) is 0 Å². The first kappa shape index (κ1) is 31.6. The molecule has 0 bridgehead atoms. The standard InChI is InChI=1S/C32H42N2O8/c1-20(39-21(2)36)29(37)33-25-9-6-8-24(16-25)31-40-26(17-28(41-31)23-13-11-22(19-35)12-14-23)18-34-15-7-10-27(34)30(38)42-32(3,4)5/h6,8-9,11-14,16,20,26-28,31,35H,7,10,15,17-19H2,1-5H3,(H,33,37)/t20-,26+,27-,28-,31-/m0/s1. The summed E-state index contributed by atoms with van der Waals surface area (Å²) < 4.78 is 23.6. The van der Waals surface area contributed by atoms with E-state index in [4.69, 9.17) is 18.9 Å². The lowest BCUT2D eigenvalue weighted by Gasteiger charge is -2.38. The van der Waals surface area contributed by atoms with Gasteiger partial charge >= 0.3 is 11.9 Å². The smallest absolute Gasteiger partial charge is 0.323 e. The summed E-state index contributed by atoms with van der Waals surface area (Å²) >= 11 is 0. The van der Waals surface area contributed by atoms with Crippen molar-refractivity contribution in [1.82, 2.24) is 4.90 Å². The van der Waals surface area contributed by atoms with E-state index in [-0.39, 0.29) is 30.8 Å². The highest BCUT2D eigenvalue weighted by Crippen LogP contribution is 2.39. The summed E-state index contributed by atoms with van der Waals surface area (Å²) in [7, 11) is 0. The molecule has 42 heavy (non-hydrogen) atoms. The number of aliphatic hydroxyl groups excluding tert-OH is 1. The number of nitrogens with one attached hydrogen (secondary N) is 1. The van der Waals surface area contributed by atoms with Gasteiger partial charge in [-0.05, 0) is 70.3 Å². The number of ether oxygens (including phenoxy) is 4. The van der Waals surface area contributed by atoms with Gasteiger partial charge in [0.2, 0.25) is 0 Å². The predicted octanol–water partition coefficient (Wildman–Crippen LogP) is 4.42. The number of carbonyl (C=O) groups excluding carboxylic acids is 3. The number of rotatable bonds is 9. The summed E-state index contributed by atoms with van der Waals surface area (Å²) in [5.41, 5.74) is 2.42. The van der Waals surface area contributed by atoms with Crippen molar-refractivity contribution in [2.45, 2.75) is 96.7 Å². The van der Waals surface area contributed by atoms with Crippen molar-refractivity contribution >= 4 is 23.5 Å². The van der Waals surface area contributed by atoms with Gasteiger partial charge in [-0.15, -0.1) is 0 Å². The van der Waals surface area contributed by atoms with Crippen molar-refractivity contribution in [3.05, 3.63) is 65.2 Å². The van der Waals surface area contributed by atoms with Crippen LogP contribution in [-0.2, 0) is 39.9 Å². The maximum atomic E-state index is 13.0. The molecule has 1 amide bonds. The molecule has 0 aliphatic carbocycles. The molecule has 2 aromatic carbocycles. The monoisotopic (exact) mass is 582 g/mol. The molecule has 10 nitrogen and oxygen atoms in total. The molecule has 2 aliphatic heterocycles. The fraction of sp³-hybridized carbons (Fsp3) is 0.531. The Kier molecular flexibility index (Phi) is 10.4. The second-order valence-corrected chi connectivity index (χ2v) is 11.9. The van der Waals surface area contributed by atoms with Crippen LogP contribution in [0.3, 0.4) is 0 Å². The normalized spacial score (nSPS) is 23.7. The number of anilines is 1. The van der Waals surface area contributed by atoms with E-state index < -0.39 is 29.9 Å². The van der Waals surface area contributed by atoms with Crippen molar-refractivity contribution in [3.8, 4) is 0 Å². The number of hydrogen-bond donors (Lipinski definition) is 2. The van der Waals surface area contributed by atoms with Crippen LogP contribution in [0.15, 0.2) is 48.5 Å². The van der Waals surface area contributed by atoms with E-state index in [0.29, 0.717) is 24.2 Å². The fourth-order valence-corrected chi connectivity index (χ4v) is 5.29. The molecule has 2 aromatic rings. The van der Waals surface area contributed by atoms with Crippen LogP contribution in [0.4, 0.5) is 5.69 Å². The Balaban J connectivity index is 1.54. The molecule has 0 aromatic heterocycles. The van der Waals surface area contributed by atoms with Gasteiger partial charge in [0.1, 0.15) is 11.6 Å². The number of hydrogen-bond acceptors (Lipinski definition) is 9. The molecule has 2 saturated heterocycles. The third-order valence-electron chi connectivity index (χ3n) is 7.23. The van der Waals surface area contributed by atoms with Crippen molar-refractivity contribution in [1.29, 1.82) is 0 Å². The van der Waals surface area contributed by atoms with Crippen LogP contribution in [0.1, 0.15) is 83.0 Å². The van der Waals surface area contributed by atoms with E-state index in [9.17, 15) is 19.5 Å². The minimum atomic E-state index is -0.942. The molecule has 2 N–H and O–H groups in total. The molecule has 2 aliphatic rings. The predicted molar refractivity (Wildman–Crippen MR) is 155 cm³/mol. The van der Waals surface area contributed by atoms with E-state index in [1.165, 1.54) is 13.8 Å². The first-order chi connectivity index (χ1) is 19.9. The lowest BCUT2D eigenvalue weighted by atomic mass is 9.99. The van der Waals surface area contributed by atoms with Gasteiger partial charge in [-0.1, -0.05) is 36.4 Å². The topological polar surface area (TPSA) is 124 Å². The maximum Gasteiger partial charge on any atom is 0.323 e. The summed E-state index contributed by atoms with van der Waals surface area (Å²) in [4.78, 5) is 38.9. The Morgan fingerprint density at radius 2 is 1.83 bits per heavy atom. The number of benzene rings is 2. The van der Waals surface area contributed by atoms with Gasteiger partial charge in [0.05, 0.1) is 18.8 Å². The van der Waals surface area contributed by atoms with Crippen LogP contribution < -0.4 is 5.32 Å². The molecule has 2 fully saturated rings. The van der Waals surface area contributed by atoms with Crippen molar-refractivity contribution in [2.75, 3.05) is 18.4 Å². The molecule has 4 rings (SSSR count). The molecule has 228 valence electrons. The molecule has 2 heterocycles. The van der Waals surface area contributed by atoms with E-state index in [0.717, 1.165) is 30.5 Å². The third kappa shape index (κ3) is 8.61. The van der Waals surface area contributed by atoms with Gasteiger partial charge in [-0.3, -0.25) is 19.3 Å². The van der Waals surface area contributed by atoms with Gasteiger partial charge in [0.25, 0.3) is 5.91 Å². The zero-order chi connectivity index (χ0) is 30.4. The van der Waals surface area contributed by atoms with E-state index in [2.05, 4.69) is 10.2 Å². The van der Waals surface area contributed by atoms with Crippen LogP contribution >= 0.6 is 0 Å². The van der Waals surface area contributed by atoms with Gasteiger partial charge in [-0.25, -0.2) is 0 Å². The lowest BCUT2D eigenvalue weighted by Crippen LogP contribution is -2.45. The Labute approximate surface area is 247 Å². The SMILES string of the molecule is CC(=O)O[C@@H](C)C(=O)Nc1cccc([C@H]2O[C@@H](CN3CCC[C@H]3C(=O)OC(C)(C)C)C[C@@H](c3ccc(CO)cc3)O2)c1. The zero-order valence-electron chi connectivity index (χ0n) is 25.0. The molecular formula is C32H42N2O8. The van der Waals surface area contributed by atoms with Gasteiger partial charge in [0, 0.05) is 31.1 Å². The summed E-state index contributed by atoms with van der Waals surface area (Å²) in [6.45, 7) is 9.64. The quantitative estimate of drug-likeness (QED) is 0.414. The van der Waals surface area contributed by atoms with Gasteiger partial charge in [-0.2, -0.15) is 0 Å². The zero-order valence-corrected chi connectivity index (χ0v) is 25.0. The first-order valence-electron chi connectivity index (χ1n) is 14.5. The Morgan fingerprint density at radius 3 is 2.50 bits per heavy atom. The Hall–Kier alpha value is -3.31. The van der Waals surface area contributed by atoms with Crippen molar-refractivity contribution < 1.29 is 38.4 Å². The highest BCUT2D eigenvalue weighted by Gasteiger charge is 2.39. The number of nitrogens with zero attached hydrogens (tertiary/aromatic N) is 1. The second kappa shape index (κ2) is 13.8. The molecule has 0 unspecified atom stereocenters. The molecule has 10 heteroatoms. The molecular weight excluding hydrogens is 540 g/mol. The largest absolute Gasteiger partial charge is 0.459 e. The Morgan fingerprint density at radius 1 is 1.10 bits per heavy atom. The summed E-state index contributed by atoms with van der Waals surface area (Å²) in [6, 6.07) is 14.5. The average Bonchev–Trinajstić information content (AvgIpc) is 3.40. The number of aliphatic hydroxyl groups is 1. The second-order valence-electron chi connectivity index (χ2n) is 11.9. The van der Waals surface area contributed by atoms with Gasteiger partial charge < -0.3 is 29.4 Å². The van der Waals surface area contributed by atoms with E-state index in [1.54, 1.807) is 18.2 Å². The molecule has 0 saturated carbocycles. The third-order valence-corrected chi connectivity index (χ3v) is 7.23. The molecule has 5 atom stereocenters. The van der Waals surface area contributed by atoms with E-state index >= 15 is 0 Å². The minimum Gasteiger partial charge on any atom is -0.459 e. The van der Waals surface area contributed by atoms with Crippen LogP contribution in [0.25, 0.3) is 0 Å². The minimum absolute atomic E-state index is 0.0459. The van der Waals surface area contributed by atoms with Crippen molar-refractivity contribution in [3.63, 3.8) is 0 Å². The summed E-state index contributed by atoms with van der Waals surface area (Å²) in [6.07, 6.45) is -0.0260. The number of carbonyl (C=O) groups is 3. The van der Waals surface area contributed by atoms with Crippen LogP contribution in [0.2, 0.25) is 0 Å². The number of amides is 1. The number of likely N-dealkylation sites (tertiary alicyclic amines) is 1. The first-order valence-corrected chi connectivity index (χ1v) is 14.5. The number of esters is 2. The van der Waals surface area contributed by atoms with Crippen molar-refractivity contribution in [2.24, 2.45) is 0 Å². The molecule has 0 radical (unpaired) electrons. The fourth-order valence-electron chi connectivity index (χ4n) is 5.29. The molecule has 0 spiro atoms. The summed E-state index contributed by atoms with van der Waals surface area (Å²) in [5.74, 6) is -1.20. The highest BCUT2D eigenvalue weighted by molar-refractivity contribution is 5.95. The van der Waals surface area contributed by atoms with E-state index in [1.807, 2.05) is 51.1 Å². The van der Waals surface area contributed by atoms with Crippen LogP contribution in [0.5, 0.6) is 0 Å². The average molecular weight is 583 g/mol. The maximum absolute atomic E-state index is 13.0. The Bertz CT molecular complexity index is 1240. The highest BCUT2D eigenvalue weighted by atomic mass is 16.7.